The highest BCUT2D eigenvalue weighted by Crippen LogP contribution is 2.12. The lowest BCUT2D eigenvalue weighted by Crippen LogP contribution is -2.51. The number of hydrazine groups is 2. The van der Waals surface area contributed by atoms with Gasteiger partial charge < -0.3 is 5.11 Å². The molecule has 0 aromatic heterocycles. The van der Waals surface area contributed by atoms with Crippen molar-refractivity contribution in [2.75, 3.05) is 6.54 Å². The van der Waals surface area contributed by atoms with Crippen LogP contribution in [0.3, 0.4) is 0 Å². The van der Waals surface area contributed by atoms with E-state index < -0.39 is 11.9 Å². The number of nitrogens with two attached hydrogens (primary N) is 1. The number of unbranched alkanes of at least 4 members (excludes halogenated alkanes) is 11. The molecule has 0 bridgehead atoms. The molecule has 7 nitrogen and oxygen atoms in total. The predicted molar refractivity (Wildman–Crippen MR) is 116 cm³/mol. The van der Waals surface area contributed by atoms with Gasteiger partial charge in [-0.25, -0.2) is 16.1 Å². The van der Waals surface area contributed by atoms with Crippen LogP contribution < -0.4 is 16.7 Å². The molecule has 0 heterocycles. The van der Waals surface area contributed by atoms with Crippen LogP contribution in [-0.4, -0.2) is 28.6 Å². The molecule has 0 atom stereocenters. The molecule has 0 spiro atoms. The monoisotopic (exact) mass is 406 g/mol. The van der Waals surface area contributed by atoms with Crippen molar-refractivity contribution in [1.82, 2.24) is 15.9 Å². The van der Waals surface area contributed by atoms with E-state index in [0.717, 1.165) is 24.3 Å². The number of phenolic OH excluding ortho intramolecular Hbond substituents is 1. The first-order chi connectivity index (χ1) is 14.0. The Kier molecular flexibility index (Phi) is 13.3. The van der Waals surface area contributed by atoms with Crippen molar-refractivity contribution in [2.24, 2.45) is 5.84 Å². The van der Waals surface area contributed by atoms with Gasteiger partial charge in [0.05, 0.1) is 0 Å². The minimum Gasteiger partial charge on any atom is -0.508 e. The van der Waals surface area contributed by atoms with Crippen LogP contribution in [0.1, 0.15) is 94.3 Å². The molecule has 0 saturated carbocycles. The summed E-state index contributed by atoms with van der Waals surface area (Å²) in [4.78, 5) is 23.8. The quantitative estimate of drug-likeness (QED) is 0.156. The maximum atomic E-state index is 11.9. The second kappa shape index (κ2) is 15.6. The van der Waals surface area contributed by atoms with Crippen molar-refractivity contribution in [2.45, 2.75) is 84.0 Å². The molecule has 1 aromatic carbocycles. The molecule has 164 valence electrons. The number of hydrogen-bond donors (Lipinski definition) is 4. The number of carbonyl (C=O) groups is 2. The van der Waals surface area contributed by atoms with Gasteiger partial charge >= 0.3 is 6.03 Å². The van der Waals surface area contributed by atoms with Crippen LogP contribution in [0, 0.1) is 0 Å². The number of carbonyl (C=O) groups excluding carboxylic acids is 2. The molecule has 0 fully saturated rings. The van der Waals surface area contributed by atoms with Crippen molar-refractivity contribution < 1.29 is 14.7 Å². The molecule has 7 heteroatoms. The lowest BCUT2D eigenvalue weighted by atomic mass is 10.1. The van der Waals surface area contributed by atoms with E-state index in [2.05, 4.69) is 17.8 Å². The fourth-order valence-electron chi connectivity index (χ4n) is 3.09. The van der Waals surface area contributed by atoms with Crippen molar-refractivity contribution in [3.05, 3.63) is 29.8 Å². The van der Waals surface area contributed by atoms with E-state index >= 15 is 0 Å². The largest absolute Gasteiger partial charge is 0.508 e. The van der Waals surface area contributed by atoms with Crippen LogP contribution in [0.25, 0.3) is 0 Å². The summed E-state index contributed by atoms with van der Waals surface area (Å²) in [5.74, 6) is 5.32. The lowest BCUT2D eigenvalue weighted by molar-refractivity contribution is 0.0929. The fraction of sp³-hybridized carbons (Fsp3) is 0.636. The first-order valence-electron chi connectivity index (χ1n) is 11.0. The fourth-order valence-corrected chi connectivity index (χ4v) is 3.09. The molecule has 0 aliphatic heterocycles. The Balaban J connectivity index is 1.99. The van der Waals surface area contributed by atoms with E-state index in [1.54, 1.807) is 0 Å². The summed E-state index contributed by atoms with van der Waals surface area (Å²) in [6, 6.07) is 5.17. The minimum absolute atomic E-state index is 0.0705. The Morgan fingerprint density at radius 2 is 1.31 bits per heavy atom. The van der Waals surface area contributed by atoms with Crippen LogP contribution in [0.2, 0.25) is 0 Å². The topological polar surface area (TPSA) is 108 Å². The molecular formula is C22H38N4O3. The highest BCUT2D eigenvalue weighted by molar-refractivity contribution is 5.95. The Morgan fingerprint density at radius 1 is 0.828 bits per heavy atom. The van der Waals surface area contributed by atoms with Gasteiger partial charge in [-0.1, -0.05) is 77.6 Å². The number of amides is 3. The first-order valence-corrected chi connectivity index (χ1v) is 11.0. The number of rotatable bonds is 14. The summed E-state index contributed by atoms with van der Waals surface area (Å²) in [5.41, 5.74) is 4.92. The van der Waals surface area contributed by atoms with Crippen LogP contribution >= 0.6 is 0 Å². The van der Waals surface area contributed by atoms with E-state index in [1.807, 2.05) is 0 Å². The van der Waals surface area contributed by atoms with Crippen molar-refractivity contribution in [3.8, 4) is 5.75 Å². The number of hydrogen-bond acceptors (Lipinski definition) is 4. The van der Waals surface area contributed by atoms with E-state index in [1.165, 1.54) is 82.1 Å². The number of phenols is 1. The average molecular weight is 407 g/mol. The Bertz CT molecular complexity index is 578. The molecule has 29 heavy (non-hydrogen) atoms. The number of nitrogens with one attached hydrogen (secondary N) is 2. The Hall–Kier alpha value is -2.28. The van der Waals surface area contributed by atoms with Gasteiger partial charge in [0.25, 0.3) is 5.91 Å². The molecule has 1 aromatic rings. The minimum atomic E-state index is -0.555. The highest BCUT2D eigenvalue weighted by atomic mass is 16.3. The third-order valence-electron chi connectivity index (χ3n) is 4.93. The normalized spacial score (nSPS) is 10.6. The van der Waals surface area contributed by atoms with Crippen LogP contribution in [-0.2, 0) is 0 Å². The molecule has 0 radical (unpaired) electrons. The molecule has 0 aliphatic carbocycles. The molecule has 3 amide bonds. The molecule has 0 unspecified atom stereocenters. The molecule has 5 N–H and O–H groups in total. The summed E-state index contributed by atoms with van der Waals surface area (Å²) < 4.78 is 0. The smallest absolute Gasteiger partial charge is 0.350 e. The summed E-state index contributed by atoms with van der Waals surface area (Å²) in [6.07, 6.45) is 15.0. The first kappa shape index (κ1) is 24.8. The van der Waals surface area contributed by atoms with Crippen LogP contribution in [0.5, 0.6) is 5.75 Å². The van der Waals surface area contributed by atoms with Crippen LogP contribution in [0.15, 0.2) is 24.3 Å². The second-order valence-electron chi connectivity index (χ2n) is 7.51. The van der Waals surface area contributed by atoms with Gasteiger partial charge in [-0.3, -0.25) is 15.2 Å². The van der Waals surface area contributed by atoms with E-state index in [9.17, 15) is 14.7 Å². The predicted octanol–water partition coefficient (Wildman–Crippen LogP) is 4.62. The standard InChI is InChI=1S/C22H38N4O3/c1-2-3-4-5-6-7-8-9-10-11-12-13-18-26(23)22(29)25-24-21(28)19-14-16-20(27)17-15-19/h14-17,27H,2-13,18,23H2,1H3,(H,24,28)(H,25,29). The zero-order chi connectivity index (χ0) is 21.3. The van der Waals surface area contributed by atoms with Crippen molar-refractivity contribution in [3.63, 3.8) is 0 Å². The zero-order valence-electron chi connectivity index (χ0n) is 17.8. The molecular weight excluding hydrogens is 368 g/mol. The molecule has 1 rings (SSSR count). The van der Waals surface area contributed by atoms with Gasteiger partial charge in [-0.2, -0.15) is 0 Å². The van der Waals surface area contributed by atoms with E-state index in [-0.39, 0.29) is 5.75 Å². The molecule has 0 aliphatic rings. The number of aromatic hydroxyl groups is 1. The Labute approximate surface area is 175 Å². The van der Waals surface area contributed by atoms with Gasteiger partial charge in [-0.05, 0) is 30.7 Å². The van der Waals surface area contributed by atoms with Gasteiger partial charge in [-0.15, -0.1) is 0 Å². The third-order valence-corrected chi connectivity index (χ3v) is 4.93. The zero-order valence-corrected chi connectivity index (χ0v) is 17.8. The number of urea groups is 1. The van der Waals surface area contributed by atoms with Crippen molar-refractivity contribution in [1.29, 1.82) is 0 Å². The average Bonchev–Trinajstić information content (AvgIpc) is 2.72. The van der Waals surface area contributed by atoms with Gasteiger partial charge in [0.15, 0.2) is 0 Å². The number of benzene rings is 1. The van der Waals surface area contributed by atoms with E-state index in [0.29, 0.717) is 12.1 Å². The van der Waals surface area contributed by atoms with Crippen LogP contribution in [0.4, 0.5) is 4.79 Å². The van der Waals surface area contributed by atoms with Gasteiger partial charge in [0.2, 0.25) is 0 Å². The lowest BCUT2D eigenvalue weighted by Gasteiger charge is -2.17. The molecule has 0 saturated heterocycles. The van der Waals surface area contributed by atoms with Gasteiger partial charge in [0, 0.05) is 12.1 Å². The maximum absolute atomic E-state index is 11.9. The van der Waals surface area contributed by atoms with Crippen molar-refractivity contribution >= 4 is 11.9 Å². The summed E-state index contributed by atoms with van der Waals surface area (Å²) in [7, 11) is 0. The second-order valence-corrected chi connectivity index (χ2v) is 7.51. The van der Waals surface area contributed by atoms with Gasteiger partial charge in [0.1, 0.15) is 5.75 Å². The maximum Gasteiger partial charge on any atom is 0.350 e. The SMILES string of the molecule is CCCCCCCCCCCCCCN(N)C(=O)NNC(=O)c1ccc(O)cc1. The summed E-state index contributed by atoms with van der Waals surface area (Å²) in [6.45, 7) is 2.69. The highest BCUT2D eigenvalue weighted by Gasteiger charge is 2.11. The van der Waals surface area contributed by atoms with E-state index in [4.69, 9.17) is 5.84 Å². The summed E-state index contributed by atoms with van der Waals surface area (Å²) >= 11 is 0. The summed E-state index contributed by atoms with van der Waals surface area (Å²) in [5, 5.41) is 10.3. The Morgan fingerprint density at radius 3 is 1.83 bits per heavy atom. The number of nitrogens with zero attached hydrogens (tertiary/aromatic N) is 1. The third kappa shape index (κ3) is 12.0.